The van der Waals surface area contributed by atoms with Crippen molar-refractivity contribution in [2.45, 2.75) is 25.9 Å². The van der Waals surface area contributed by atoms with Crippen molar-refractivity contribution in [1.82, 2.24) is 19.8 Å². The summed E-state index contributed by atoms with van der Waals surface area (Å²) in [6.07, 6.45) is 2.46. The Labute approximate surface area is 195 Å². The van der Waals surface area contributed by atoms with E-state index in [1.165, 1.54) is 27.8 Å². The van der Waals surface area contributed by atoms with Gasteiger partial charge in [-0.25, -0.2) is 4.98 Å². The van der Waals surface area contributed by atoms with Gasteiger partial charge in [0.25, 0.3) is 5.56 Å². The Morgan fingerprint density at radius 1 is 1.19 bits per heavy atom. The van der Waals surface area contributed by atoms with E-state index < -0.39 is 0 Å². The molecule has 4 aromatic rings. The average Bonchev–Trinajstić information content (AvgIpc) is 3.46. The molecule has 166 valence electrons. The summed E-state index contributed by atoms with van der Waals surface area (Å²) in [6.45, 7) is 2.53. The van der Waals surface area contributed by atoms with Gasteiger partial charge in [-0.2, -0.15) is 0 Å². The lowest BCUT2D eigenvalue weighted by molar-refractivity contribution is -0.121. The van der Waals surface area contributed by atoms with Crippen LogP contribution in [0.1, 0.15) is 24.1 Å². The molecular formula is C24H26N4O2S2. The van der Waals surface area contributed by atoms with Crippen LogP contribution in [-0.4, -0.2) is 41.0 Å². The Hall–Kier alpha value is -2.81. The Morgan fingerprint density at radius 2 is 1.97 bits per heavy atom. The lowest BCUT2D eigenvalue weighted by atomic mass is 10.0. The van der Waals surface area contributed by atoms with Gasteiger partial charge in [-0.05, 0) is 43.1 Å². The minimum atomic E-state index is -0.210. The Bertz CT molecular complexity index is 1260. The molecule has 0 radical (unpaired) electrons. The van der Waals surface area contributed by atoms with Gasteiger partial charge in [0.15, 0.2) is 0 Å². The highest BCUT2D eigenvalue weighted by molar-refractivity contribution is 7.18. The highest BCUT2D eigenvalue weighted by atomic mass is 32.1. The number of hydrogen-bond acceptors (Lipinski definition) is 6. The quantitative estimate of drug-likeness (QED) is 0.423. The van der Waals surface area contributed by atoms with Crippen LogP contribution in [-0.2, 0) is 17.8 Å². The van der Waals surface area contributed by atoms with Crippen LogP contribution in [0.5, 0.6) is 0 Å². The van der Waals surface area contributed by atoms with E-state index in [-0.39, 0.29) is 24.1 Å². The first-order valence-electron chi connectivity index (χ1n) is 10.5. The molecule has 1 N–H and O–H groups in total. The molecule has 0 aliphatic heterocycles. The number of benzene rings is 1. The normalized spacial score (nSPS) is 12.4. The lowest BCUT2D eigenvalue weighted by Gasteiger charge is -2.25. The van der Waals surface area contributed by atoms with E-state index in [0.717, 1.165) is 22.4 Å². The third kappa shape index (κ3) is 4.67. The van der Waals surface area contributed by atoms with Gasteiger partial charge in [0.2, 0.25) is 5.91 Å². The fourth-order valence-corrected chi connectivity index (χ4v) is 5.41. The second kappa shape index (κ2) is 9.77. The summed E-state index contributed by atoms with van der Waals surface area (Å²) >= 11 is 3.03. The molecule has 4 rings (SSSR count). The molecule has 1 atom stereocenters. The van der Waals surface area contributed by atoms with Gasteiger partial charge >= 0.3 is 0 Å². The van der Waals surface area contributed by atoms with Crippen LogP contribution in [0.25, 0.3) is 20.7 Å². The van der Waals surface area contributed by atoms with E-state index in [1.807, 2.05) is 37.0 Å². The van der Waals surface area contributed by atoms with Crippen molar-refractivity contribution in [3.05, 3.63) is 75.0 Å². The Balaban J connectivity index is 1.49. The largest absolute Gasteiger partial charge is 0.353 e. The zero-order valence-electron chi connectivity index (χ0n) is 18.4. The van der Waals surface area contributed by atoms with Crippen LogP contribution in [0.4, 0.5) is 0 Å². The molecule has 1 amide bonds. The predicted octanol–water partition coefficient (Wildman–Crippen LogP) is 4.17. The first kappa shape index (κ1) is 22.4. The summed E-state index contributed by atoms with van der Waals surface area (Å²) in [7, 11) is 3.99. The molecule has 3 heterocycles. The fraction of sp³-hybridized carbons (Fsp3) is 0.292. The first-order valence-corrected chi connectivity index (χ1v) is 12.3. The van der Waals surface area contributed by atoms with E-state index in [4.69, 9.17) is 0 Å². The molecular weight excluding hydrogens is 440 g/mol. The topological polar surface area (TPSA) is 67.2 Å². The van der Waals surface area contributed by atoms with E-state index in [2.05, 4.69) is 46.4 Å². The summed E-state index contributed by atoms with van der Waals surface area (Å²) in [4.78, 5) is 34.0. The maximum absolute atomic E-state index is 13.1. The summed E-state index contributed by atoms with van der Waals surface area (Å²) in [5.41, 5.74) is 3.13. The monoisotopic (exact) mass is 466 g/mol. The standard InChI is InChI=1S/C24H26N4O2S2/c1-4-16-7-9-17(10-8-16)19(27(2)3)12-25-21(29)13-28-15-26-23-22(24(28)30)18(14-32-23)20-6-5-11-31-20/h5-11,14-15,19H,4,12-13H2,1-3H3,(H,25,29). The second-order valence-electron chi connectivity index (χ2n) is 7.86. The Morgan fingerprint density at radius 3 is 2.62 bits per heavy atom. The third-order valence-electron chi connectivity index (χ3n) is 5.55. The number of aromatic nitrogens is 2. The number of carbonyl (C=O) groups excluding carboxylic acids is 1. The van der Waals surface area contributed by atoms with Gasteiger partial charge < -0.3 is 10.2 Å². The molecule has 0 bridgehead atoms. The molecule has 3 aromatic heterocycles. The van der Waals surface area contributed by atoms with Crippen molar-refractivity contribution in [2.75, 3.05) is 20.6 Å². The molecule has 32 heavy (non-hydrogen) atoms. The third-order valence-corrected chi connectivity index (χ3v) is 7.34. The molecule has 8 heteroatoms. The van der Waals surface area contributed by atoms with Crippen LogP contribution in [0, 0.1) is 0 Å². The van der Waals surface area contributed by atoms with Crippen molar-refractivity contribution in [2.24, 2.45) is 0 Å². The van der Waals surface area contributed by atoms with E-state index in [9.17, 15) is 9.59 Å². The highest BCUT2D eigenvalue weighted by Crippen LogP contribution is 2.33. The number of fused-ring (bicyclic) bond motifs is 1. The van der Waals surface area contributed by atoms with Gasteiger partial charge in [0.1, 0.15) is 11.4 Å². The van der Waals surface area contributed by atoms with Crippen molar-refractivity contribution in [3.63, 3.8) is 0 Å². The van der Waals surface area contributed by atoms with E-state index >= 15 is 0 Å². The molecule has 0 saturated carbocycles. The fourth-order valence-electron chi connectivity index (χ4n) is 3.69. The van der Waals surface area contributed by atoms with Gasteiger partial charge in [-0.3, -0.25) is 14.2 Å². The summed E-state index contributed by atoms with van der Waals surface area (Å²) in [6, 6.07) is 12.5. The zero-order chi connectivity index (χ0) is 22.7. The molecule has 0 fully saturated rings. The number of nitrogens with zero attached hydrogens (tertiary/aromatic N) is 3. The van der Waals surface area contributed by atoms with Gasteiger partial charge in [-0.15, -0.1) is 22.7 Å². The summed E-state index contributed by atoms with van der Waals surface area (Å²) < 4.78 is 1.39. The zero-order valence-corrected chi connectivity index (χ0v) is 20.0. The number of rotatable bonds is 8. The molecule has 1 aromatic carbocycles. The first-order chi connectivity index (χ1) is 15.5. The van der Waals surface area contributed by atoms with Crippen LogP contribution in [0.3, 0.4) is 0 Å². The average molecular weight is 467 g/mol. The molecule has 0 spiro atoms. The van der Waals surface area contributed by atoms with Gasteiger partial charge in [0, 0.05) is 22.4 Å². The van der Waals surface area contributed by atoms with Crippen molar-refractivity contribution < 1.29 is 4.79 Å². The second-order valence-corrected chi connectivity index (χ2v) is 9.67. The summed E-state index contributed by atoms with van der Waals surface area (Å²) in [5, 5.41) is 7.51. The number of amides is 1. The van der Waals surface area contributed by atoms with Crippen molar-refractivity contribution in [1.29, 1.82) is 0 Å². The number of carbonyl (C=O) groups is 1. The molecule has 0 aliphatic carbocycles. The van der Waals surface area contributed by atoms with Crippen molar-refractivity contribution in [3.8, 4) is 10.4 Å². The van der Waals surface area contributed by atoms with Crippen LogP contribution in [0.15, 0.2) is 58.3 Å². The molecule has 0 aliphatic rings. The SMILES string of the molecule is CCc1ccc(C(CNC(=O)Cn2cnc3scc(-c4cccs4)c3c2=O)N(C)C)cc1. The number of likely N-dealkylation sites (N-methyl/N-ethyl adjacent to an activating group) is 1. The highest BCUT2D eigenvalue weighted by Gasteiger charge is 2.18. The maximum atomic E-state index is 13.1. The van der Waals surface area contributed by atoms with Crippen LogP contribution in [0.2, 0.25) is 0 Å². The van der Waals surface area contributed by atoms with Gasteiger partial charge in [-0.1, -0.05) is 37.3 Å². The van der Waals surface area contributed by atoms with Crippen LogP contribution >= 0.6 is 22.7 Å². The van der Waals surface area contributed by atoms with Crippen LogP contribution < -0.4 is 10.9 Å². The number of aryl methyl sites for hydroxylation is 1. The number of thiophene rings is 2. The lowest BCUT2D eigenvalue weighted by Crippen LogP contribution is -2.37. The Kier molecular flexibility index (Phi) is 6.83. The van der Waals surface area contributed by atoms with Crippen molar-refractivity contribution >= 4 is 38.8 Å². The minimum absolute atomic E-state index is 0.0458. The molecule has 0 saturated heterocycles. The molecule has 1 unspecified atom stereocenters. The number of hydrogen-bond donors (Lipinski definition) is 1. The summed E-state index contributed by atoms with van der Waals surface area (Å²) in [5.74, 6) is -0.210. The minimum Gasteiger partial charge on any atom is -0.353 e. The predicted molar refractivity (Wildman–Crippen MR) is 132 cm³/mol. The number of nitrogens with one attached hydrogen (secondary N) is 1. The van der Waals surface area contributed by atoms with E-state index in [0.29, 0.717) is 16.8 Å². The van der Waals surface area contributed by atoms with E-state index in [1.54, 1.807) is 11.3 Å². The van der Waals surface area contributed by atoms with Gasteiger partial charge in [0.05, 0.1) is 17.8 Å². The smallest absolute Gasteiger partial charge is 0.263 e. The molecule has 6 nitrogen and oxygen atoms in total. The maximum Gasteiger partial charge on any atom is 0.263 e.